The molecule has 1 aliphatic rings. The summed E-state index contributed by atoms with van der Waals surface area (Å²) in [7, 11) is 0. The molecular formula is C24H25N3O6. The number of anilines is 1. The zero-order chi connectivity index (χ0) is 23.2. The van der Waals surface area contributed by atoms with Gasteiger partial charge in [-0.2, -0.15) is 0 Å². The third kappa shape index (κ3) is 5.31. The summed E-state index contributed by atoms with van der Waals surface area (Å²) in [5.41, 5.74) is 2.11. The number of carbonyl (C=O) groups is 2. The number of ether oxygens (including phenoxy) is 3. The zero-order valence-corrected chi connectivity index (χ0v) is 18.3. The quantitative estimate of drug-likeness (QED) is 0.498. The number of aromatic nitrogens is 2. The molecule has 2 heterocycles. The maximum absolute atomic E-state index is 12.9. The van der Waals surface area contributed by atoms with Gasteiger partial charge in [0.1, 0.15) is 5.69 Å². The fourth-order valence-corrected chi connectivity index (χ4v) is 3.56. The first kappa shape index (κ1) is 22.3. The van der Waals surface area contributed by atoms with E-state index in [-0.39, 0.29) is 25.2 Å². The number of hydrogen-bond donors (Lipinski definition) is 1. The molecule has 0 saturated carbocycles. The van der Waals surface area contributed by atoms with Crippen molar-refractivity contribution in [2.75, 3.05) is 18.7 Å². The Labute approximate surface area is 190 Å². The van der Waals surface area contributed by atoms with Gasteiger partial charge in [0.25, 0.3) is 11.5 Å². The van der Waals surface area contributed by atoms with Crippen molar-refractivity contribution in [3.63, 3.8) is 0 Å². The number of esters is 1. The second-order valence-corrected chi connectivity index (χ2v) is 7.63. The lowest BCUT2D eigenvalue weighted by atomic mass is 10.2. The van der Waals surface area contributed by atoms with Gasteiger partial charge < -0.3 is 24.1 Å². The number of para-hydroxylation sites is 2. The van der Waals surface area contributed by atoms with E-state index < -0.39 is 18.5 Å². The molecule has 1 aromatic heterocycles. The fraction of sp³-hybridized carbons (Fsp3) is 0.333. The van der Waals surface area contributed by atoms with Crippen molar-refractivity contribution in [2.24, 2.45) is 0 Å². The van der Waals surface area contributed by atoms with Crippen LogP contribution in [0.2, 0.25) is 0 Å². The van der Waals surface area contributed by atoms with Crippen LogP contribution in [0.25, 0.3) is 11.0 Å². The standard InChI is InChI=1S/C24H25N3O6/c1-2-3-12-27-19-7-5-4-6-17(19)26-18(24(27)30)9-11-23(29)31-14-22(28)25-16-8-10-20-21(13-16)33-15-32-20/h4-8,10,13H,2-3,9,11-12,14-15H2,1H3,(H,25,28). The second kappa shape index (κ2) is 10.2. The molecule has 4 rings (SSSR count). The predicted octanol–water partition coefficient (Wildman–Crippen LogP) is 3.04. The minimum Gasteiger partial charge on any atom is -0.456 e. The molecule has 3 aromatic rings. The maximum Gasteiger partial charge on any atom is 0.306 e. The normalized spacial score (nSPS) is 12.0. The predicted molar refractivity (Wildman–Crippen MR) is 121 cm³/mol. The van der Waals surface area contributed by atoms with Gasteiger partial charge in [-0.25, -0.2) is 4.98 Å². The van der Waals surface area contributed by atoms with E-state index in [2.05, 4.69) is 17.2 Å². The molecule has 0 spiro atoms. The number of fused-ring (bicyclic) bond motifs is 2. The van der Waals surface area contributed by atoms with Gasteiger partial charge in [0, 0.05) is 24.7 Å². The number of rotatable bonds is 9. The molecule has 0 saturated heterocycles. The summed E-state index contributed by atoms with van der Waals surface area (Å²) in [6.45, 7) is 2.36. The van der Waals surface area contributed by atoms with Crippen LogP contribution in [0.4, 0.5) is 5.69 Å². The lowest BCUT2D eigenvalue weighted by Gasteiger charge is -2.12. The van der Waals surface area contributed by atoms with E-state index in [1.807, 2.05) is 24.3 Å². The van der Waals surface area contributed by atoms with Crippen LogP contribution >= 0.6 is 0 Å². The molecule has 1 amide bonds. The van der Waals surface area contributed by atoms with Crippen molar-refractivity contribution >= 4 is 28.6 Å². The number of nitrogens with zero attached hydrogens (tertiary/aromatic N) is 2. The fourth-order valence-electron chi connectivity index (χ4n) is 3.56. The molecule has 1 N–H and O–H groups in total. The average Bonchev–Trinajstić information content (AvgIpc) is 3.29. The first-order valence-electron chi connectivity index (χ1n) is 10.9. The molecular weight excluding hydrogens is 426 g/mol. The van der Waals surface area contributed by atoms with Gasteiger partial charge in [0.05, 0.1) is 17.5 Å². The highest BCUT2D eigenvalue weighted by molar-refractivity contribution is 5.93. The Morgan fingerprint density at radius 3 is 2.82 bits per heavy atom. The van der Waals surface area contributed by atoms with E-state index in [9.17, 15) is 14.4 Å². The Kier molecular flexibility index (Phi) is 6.87. The van der Waals surface area contributed by atoms with Crippen molar-refractivity contribution in [3.05, 3.63) is 58.5 Å². The first-order chi connectivity index (χ1) is 16.0. The molecule has 9 nitrogen and oxygen atoms in total. The average molecular weight is 451 g/mol. The maximum atomic E-state index is 12.9. The summed E-state index contributed by atoms with van der Waals surface area (Å²) in [6, 6.07) is 12.4. The van der Waals surface area contributed by atoms with Crippen LogP contribution in [0, 0.1) is 0 Å². The number of nitrogens with one attached hydrogen (secondary N) is 1. The summed E-state index contributed by atoms with van der Waals surface area (Å²) >= 11 is 0. The van der Waals surface area contributed by atoms with Crippen LogP contribution in [0.15, 0.2) is 47.3 Å². The van der Waals surface area contributed by atoms with Gasteiger partial charge in [-0.3, -0.25) is 14.4 Å². The number of benzene rings is 2. The Balaban J connectivity index is 1.33. The van der Waals surface area contributed by atoms with Crippen molar-refractivity contribution in [1.82, 2.24) is 9.55 Å². The number of carbonyl (C=O) groups excluding carboxylic acids is 2. The largest absolute Gasteiger partial charge is 0.456 e. The molecule has 0 unspecified atom stereocenters. The summed E-state index contributed by atoms with van der Waals surface area (Å²) in [5, 5.41) is 2.64. The number of amides is 1. The van der Waals surface area contributed by atoms with Gasteiger partial charge >= 0.3 is 5.97 Å². The zero-order valence-electron chi connectivity index (χ0n) is 18.3. The lowest BCUT2D eigenvalue weighted by Crippen LogP contribution is -2.27. The molecule has 0 bridgehead atoms. The minimum atomic E-state index is -0.578. The highest BCUT2D eigenvalue weighted by Gasteiger charge is 2.16. The van der Waals surface area contributed by atoms with Gasteiger partial charge in [-0.05, 0) is 30.7 Å². The van der Waals surface area contributed by atoms with Crippen molar-refractivity contribution in [1.29, 1.82) is 0 Å². The molecule has 33 heavy (non-hydrogen) atoms. The molecule has 0 aliphatic carbocycles. The van der Waals surface area contributed by atoms with Crippen LogP contribution in [0.5, 0.6) is 11.5 Å². The van der Waals surface area contributed by atoms with E-state index in [0.29, 0.717) is 34.9 Å². The molecule has 2 aromatic carbocycles. The Hall–Kier alpha value is -3.88. The van der Waals surface area contributed by atoms with Crippen molar-refractivity contribution in [3.8, 4) is 11.5 Å². The van der Waals surface area contributed by atoms with E-state index in [0.717, 1.165) is 18.4 Å². The minimum absolute atomic E-state index is 0.0499. The summed E-state index contributed by atoms with van der Waals surface area (Å²) < 4.78 is 17.3. The third-order valence-electron chi connectivity index (χ3n) is 5.24. The van der Waals surface area contributed by atoms with Crippen molar-refractivity contribution in [2.45, 2.75) is 39.2 Å². The van der Waals surface area contributed by atoms with E-state index in [1.54, 1.807) is 22.8 Å². The molecule has 172 valence electrons. The number of aryl methyl sites for hydroxylation is 2. The van der Waals surface area contributed by atoms with Crippen LogP contribution in [0.1, 0.15) is 31.9 Å². The van der Waals surface area contributed by atoms with Crippen LogP contribution in [-0.4, -0.2) is 34.8 Å². The molecule has 0 radical (unpaired) electrons. The van der Waals surface area contributed by atoms with E-state index >= 15 is 0 Å². The first-order valence-corrected chi connectivity index (χ1v) is 10.9. The SMILES string of the molecule is CCCCn1c(=O)c(CCC(=O)OCC(=O)Nc2ccc3c(c2)OCO3)nc2ccccc21. The topological polar surface area (TPSA) is 109 Å². The highest BCUT2D eigenvalue weighted by atomic mass is 16.7. The van der Waals surface area contributed by atoms with E-state index in [1.165, 1.54) is 0 Å². The Morgan fingerprint density at radius 1 is 1.15 bits per heavy atom. The summed E-state index contributed by atoms with van der Waals surface area (Å²) in [6.07, 6.45) is 1.91. The molecule has 0 fully saturated rings. The lowest BCUT2D eigenvalue weighted by molar-refractivity contribution is -0.147. The molecule has 1 aliphatic heterocycles. The summed E-state index contributed by atoms with van der Waals surface area (Å²) in [4.78, 5) is 41.7. The number of unbranched alkanes of at least 4 members (excludes halogenated alkanes) is 1. The van der Waals surface area contributed by atoms with Gasteiger partial charge in [0.2, 0.25) is 6.79 Å². The van der Waals surface area contributed by atoms with Crippen LogP contribution in [-0.2, 0) is 27.3 Å². The monoisotopic (exact) mass is 451 g/mol. The van der Waals surface area contributed by atoms with Crippen molar-refractivity contribution < 1.29 is 23.8 Å². The molecule has 0 atom stereocenters. The van der Waals surface area contributed by atoms with Gasteiger partial charge in [0.15, 0.2) is 18.1 Å². The highest BCUT2D eigenvalue weighted by Crippen LogP contribution is 2.34. The Morgan fingerprint density at radius 2 is 1.97 bits per heavy atom. The van der Waals surface area contributed by atoms with Gasteiger partial charge in [-0.1, -0.05) is 25.5 Å². The smallest absolute Gasteiger partial charge is 0.306 e. The molecule has 9 heteroatoms. The Bertz CT molecular complexity index is 1240. The summed E-state index contributed by atoms with van der Waals surface area (Å²) in [5.74, 6) is 0.0889. The van der Waals surface area contributed by atoms with E-state index in [4.69, 9.17) is 14.2 Å². The van der Waals surface area contributed by atoms with Crippen LogP contribution in [0.3, 0.4) is 0 Å². The second-order valence-electron chi connectivity index (χ2n) is 7.63. The van der Waals surface area contributed by atoms with Crippen LogP contribution < -0.4 is 20.3 Å². The van der Waals surface area contributed by atoms with Gasteiger partial charge in [-0.15, -0.1) is 0 Å². The third-order valence-corrected chi connectivity index (χ3v) is 5.24. The number of hydrogen-bond acceptors (Lipinski definition) is 7.